The van der Waals surface area contributed by atoms with Crippen LogP contribution in [-0.2, 0) is 10.3 Å². The number of ether oxygens (including phenoxy) is 1. The van der Waals surface area contributed by atoms with E-state index in [2.05, 4.69) is 0 Å². The molecule has 2 saturated carbocycles. The summed E-state index contributed by atoms with van der Waals surface area (Å²) in [7, 11) is 0. The Morgan fingerprint density at radius 2 is 1.96 bits per heavy atom. The van der Waals surface area contributed by atoms with Crippen molar-refractivity contribution in [2.45, 2.75) is 63.7 Å². The highest BCUT2D eigenvalue weighted by atomic mass is 19.1. The van der Waals surface area contributed by atoms with Crippen LogP contribution in [0.25, 0.3) is 10.9 Å². The quantitative estimate of drug-likeness (QED) is 0.853. The molecule has 5 nitrogen and oxygen atoms in total. The third-order valence-corrected chi connectivity index (χ3v) is 4.91. The van der Waals surface area contributed by atoms with Crippen LogP contribution in [0.3, 0.4) is 0 Å². The Labute approximate surface area is 150 Å². The Bertz CT molecular complexity index is 978. The largest absolute Gasteiger partial charge is 0.456 e. The minimum absolute atomic E-state index is 0.0865. The number of fused-ring (bicyclic) bond motifs is 1. The molecule has 1 aromatic heterocycles. The maximum atomic E-state index is 14.6. The molecule has 1 aromatic carbocycles. The molecule has 2 aliphatic carbocycles. The number of aromatic nitrogens is 1. The summed E-state index contributed by atoms with van der Waals surface area (Å²) in [6.45, 7) is 5.19. The maximum absolute atomic E-state index is 14.6. The van der Waals surface area contributed by atoms with Crippen molar-refractivity contribution in [1.82, 2.24) is 4.57 Å². The lowest BCUT2D eigenvalue weighted by Crippen LogP contribution is -2.28. The first-order chi connectivity index (χ1) is 12.1. The molecule has 2 aliphatic rings. The van der Waals surface area contributed by atoms with E-state index >= 15 is 0 Å². The molecule has 0 amide bonds. The Morgan fingerprint density at radius 3 is 2.50 bits per heavy atom. The van der Waals surface area contributed by atoms with Crippen LogP contribution < -0.4 is 5.43 Å². The topological polar surface area (TPSA) is 68.5 Å². The molecule has 0 bridgehead atoms. The molecular weight excluding hydrogens is 337 g/mol. The molecule has 6 heteroatoms. The number of hydrogen-bond acceptors (Lipinski definition) is 4. The summed E-state index contributed by atoms with van der Waals surface area (Å²) < 4.78 is 21.8. The number of hydrogen-bond donors (Lipinski definition) is 1. The summed E-state index contributed by atoms with van der Waals surface area (Å²) in [5.41, 5.74) is -1.71. The predicted octanol–water partition coefficient (Wildman–Crippen LogP) is 3.41. The number of halogens is 1. The molecule has 0 aliphatic heterocycles. The lowest BCUT2D eigenvalue weighted by atomic mass is 10.0. The van der Waals surface area contributed by atoms with Gasteiger partial charge >= 0.3 is 5.97 Å². The molecule has 2 aromatic rings. The SMILES string of the molecule is CC(C)(C)OC(=O)c1cn(C2CC2)c2cc(C3(O)CC3)c(F)cc2c1=O. The monoisotopic (exact) mass is 359 g/mol. The lowest BCUT2D eigenvalue weighted by molar-refractivity contribution is 0.00674. The number of pyridine rings is 1. The van der Waals surface area contributed by atoms with E-state index in [1.54, 1.807) is 26.8 Å². The van der Waals surface area contributed by atoms with Gasteiger partial charge in [0.05, 0.1) is 11.1 Å². The Morgan fingerprint density at radius 1 is 1.31 bits per heavy atom. The molecular formula is C20H22FNO4. The molecule has 1 heterocycles. The number of benzene rings is 1. The predicted molar refractivity (Wildman–Crippen MR) is 94.7 cm³/mol. The third-order valence-electron chi connectivity index (χ3n) is 4.91. The summed E-state index contributed by atoms with van der Waals surface area (Å²) in [6.07, 6.45) is 4.42. The van der Waals surface area contributed by atoms with Gasteiger partial charge in [-0.3, -0.25) is 4.79 Å². The molecule has 2 fully saturated rings. The second kappa shape index (κ2) is 5.39. The second-order valence-corrected chi connectivity index (χ2v) is 8.39. The van der Waals surface area contributed by atoms with Gasteiger partial charge in [0.2, 0.25) is 5.43 Å². The van der Waals surface area contributed by atoms with Crippen molar-refractivity contribution in [2.24, 2.45) is 0 Å². The van der Waals surface area contributed by atoms with Crippen LogP contribution in [0.2, 0.25) is 0 Å². The van der Waals surface area contributed by atoms with E-state index in [1.165, 1.54) is 6.20 Å². The molecule has 1 N–H and O–H groups in total. The smallest absolute Gasteiger partial charge is 0.344 e. The van der Waals surface area contributed by atoms with Crippen LogP contribution in [-0.4, -0.2) is 21.2 Å². The zero-order chi connectivity index (χ0) is 18.9. The van der Waals surface area contributed by atoms with Gasteiger partial charge in [0.25, 0.3) is 0 Å². The summed E-state index contributed by atoms with van der Waals surface area (Å²) in [6, 6.07) is 2.89. The number of carbonyl (C=O) groups is 1. The van der Waals surface area contributed by atoms with Gasteiger partial charge < -0.3 is 14.4 Å². The van der Waals surface area contributed by atoms with Gasteiger partial charge in [-0.1, -0.05) is 0 Å². The zero-order valence-corrected chi connectivity index (χ0v) is 15.1. The van der Waals surface area contributed by atoms with Crippen LogP contribution in [0, 0.1) is 5.82 Å². The first-order valence-electron chi connectivity index (χ1n) is 8.94. The summed E-state index contributed by atoms with van der Waals surface area (Å²) in [5, 5.41) is 10.5. The fraction of sp³-hybridized carbons (Fsp3) is 0.500. The molecule has 26 heavy (non-hydrogen) atoms. The molecule has 138 valence electrons. The van der Waals surface area contributed by atoms with Crippen molar-refractivity contribution < 1.29 is 19.0 Å². The van der Waals surface area contributed by atoms with Crippen LogP contribution >= 0.6 is 0 Å². The molecule has 4 rings (SSSR count). The van der Waals surface area contributed by atoms with Crippen molar-refractivity contribution >= 4 is 16.9 Å². The van der Waals surface area contributed by atoms with Gasteiger partial charge in [0, 0.05) is 23.2 Å². The van der Waals surface area contributed by atoms with Crippen molar-refractivity contribution in [3.8, 4) is 0 Å². The Balaban J connectivity index is 1.93. The van der Waals surface area contributed by atoms with Crippen molar-refractivity contribution in [3.63, 3.8) is 0 Å². The van der Waals surface area contributed by atoms with Gasteiger partial charge in [-0.25, -0.2) is 9.18 Å². The van der Waals surface area contributed by atoms with E-state index in [-0.39, 0.29) is 22.6 Å². The van der Waals surface area contributed by atoms with Crippen LogP contribution in [0.15, 0.2) is 23.1 Å². The zero-order valence-electron chi connectivity index (χ0n) is 15.1. The number of aliphatic hydroxyl groups is 1. The number of esters is 1. The highest BCUT2D eigenvalue weighted by molar-refractivity contribution is 5.94. The first kappa shape index (κ1) is 17.2. The molecule has 0 spiro atoms. The fourth-order valence-corrected chi connectivity index (χ4v) is 3.25. The van der Waals surface area contributed by atoms with E-state index in [9.17, 15) is 19.1 Å². The normalized spacial score (nSPS) is 18.8. The number of carbonyl (C=O) groups excluding carboxylic acids is 1. The van der Waals surface area contributed by atoms with Crippen LogP contribution in [0.4, 0.5) is 4.39 Å². The first-order valence-corrected chi connectivity index (χ1v) is 8.94. The Kier molecular flexibility index (Phi) is 3.57. The maximum Gasteiger partial charge on any atom is 0.344 e. The van der Waals surface area contributed by atoms with E-state index in [0.29, 0.717) is 18.4 Å². The van der Waals surface area contributed by atoms with E-state index < -0.39 is 28.4 Å². The van der Waals surface area contributed by atoms with E-state index in [4.69, 9.17) is 4.74 Å². The van der Waals surface area contributed by atoms with Crippen molar-refractivity contribution in [2.75, 3.05) is 0 Å². The minimum Gasteiger partial charge on any atom is -0.456 e. The average Bonchev–Trinajstić information content (AvgIpc) is 3.42. The summed E-state index contributed by atoms with van der Waals surface area (Å²) in [4.78, 5) is 25.3. The van der Waals surface area contributed by atoms with Gasteiger partial charge in [-0.05, 0) is 58.6 Å². The molecule has 0 saturated heterocycles. The summed E-state index contributed by atoms with van der Waals surface area (Å²) in [5.74, 6) is -1.32. The summed E-state index contributed by atoms with van der Waals surface area (Å²) >= 11 is 0. The van der Waals surface area contributed by atoms with Gasteiger partial charge in [0.15, 0.2) is 0 Å². The molecule has 0 radical (unpaired) electrons. The highest BCUT2D eigenvalue weighted by Gasteiger charge is 2.44. The van der Waals surface area contributed by atoms with Crippen LogP contribution in [0.5, 0.6) is 0 Å². The van der Waals surface area contributed by atoms with Crippen molar-refractivity contribution in [1.29, 1.82) is 0 Å². The van der Waals surface area contributed by atoms with Crippen molar-refractivity contribution in [3.05, 3.63) is 45.5 Å². The average molecular weight is 359 g/mol. The van der Waals surface area contributed by atoms with Gasteiger partial charge in [-0.15, -0.1) is 0 Å². The number of rotatable bonds is 3. The van der Waals surface area contributed by atoms with Gasteiger partial charge in [-0.2, -0.15) is 0 Å². The second-order valence-electron chi connectivity index (χ2n) is 8.39. The Hall–Kier alpha value is -2.21. The number of nitrogens with zero attached hydrogens (tertiary/aromatic N) is 1. The third kappa shape index (κ3) is 2.92. The van der Waals surface area contributed by atoms with E-state index in [0.717, 1.165) is 18.9 Å². The van der Waals surface area contributed by atoms with Gasteiger partial charge in [0.1, 0.15) is 17.0 Å². The highest BCUT2D eigenvalue weighted by Crippen LogP contribution is 2.47. The standard InChI is InChI=1S/C20H22FNO4/c1-19(2,3)26-18(24)13-10-22(11-4-5-11)16-9-14(20(25)6-7-20)15(21)8-12(16)17(13)23/h8-11,25H,4-7H2,1-3H3. The molecule has 0 unspecified atom stereocenters. The fourth-order valence-electron chi connectivity index (χ4n) is 3.25. The minimum atomic E-state index is -1.13. The van der Waals surface area contributed by atoms with E-state index in [1.807, 2.05) is 4.57 Å². The van der Waals surface area contributed by atoms with Crippen LogP contribution in [0.1, 0.15) is 68.4 Å². The molecule has 0 atom stereocenters. The lowest BCUT2D eigenvalue weighted by Gasteiger charge is -2.20.